The van der Waals surface area contributed by atoms with E-state index < -0.39 is 5.78 Å². The van der Waals surface area contributed by atoms with E-state index in [1.54, 1.807) is 48.5 Å². The van der Waals surface area contributed by atoms with Crippen molar-refractivity contribution in [3.8, 4) is 57.0 Å². The number of H-pyrrole nitrogens is 2. The molecule has 456 valence electrons. The summed E-state index contributed by atoms with van der Waals surface area (Å²) in [6.45, 7) is 23.4. The van der Waals surface area contributed by atoms with E-state index in [-0.39, 0.29) is 70.0 Å². The van der Waals surface area contributed by atoms with E-state index in [9.17, 15) is 9.90 Å². The minimum absolute atomic E-state index is 0.196. The van der Waals surface area contributed by atoms with E-state index in [1.165, 1.54) is 0 Å². The molecule has 22 nitrogen and oxygen atoms in total. The van der Waals surface area contributed by atoms with Gasteiger partial charge in [0.25, 0.3) is 0 Å². The summed E-state index contributed by atoms with van der Waals surface area (Å²) < 4.78 is 105. The third kappa shape index (κ3) is 27.9. The highest BCUT2D eigenvalue weighted by molar-refractivity contribution is 6.07. The van der Waals surface area contributed by atoms with Crippen molar-refractivity contribution >= 4 is 11.5 Å². The number of hydrogen-bond donors (Lipinski definition) is 3. The van der Waals surface area contributed by atoms with Crippen LogP contribution in [0.4, 0.5) is 0 Å². The second-order valence-corrected chi connectivity index (χ2v) is 17.0. The number of allylic oxidation sites excluding steroid dienone is 1. The fraction of sp³-hybridized carbons (Fsp3) is 0.610. The SMILES string of the molecule is CCOCCOCCOc1cc(-c2ccc(C(=O)/C=C(\O)c3ccc(-c4cc(OCCOCCOCC)c(OCCOCCOCC)c(OCCOCCOCC)c4)[nH]3)[nH]2)cc(OCCOCCOCC)c1OCCOCCOCC. The molecule has 2 heterocycles. The summed E-state index contributed by atoms with van der Waals surface area (Å²) in [4.78, 5) is 20.4. The van der Waals surface area contributed by atoms with Crippen LogP contribution in [-0.4, -0.2) is 219 Å². The summed E-state index contributed by atoms with van der Waals surface area (Å²) in [5.41, 5.74) is 2.94. The number of rotatable bonds is 53. The first-order chi connectivity index (χ1) is 39.9. The average molecular weight is 1150 g/mol. The Morgan fingerprint density at radius 2 is 0.593 bits per heavy atom. The van der Waals surface area contributed by atoms with Gasteiger partial charge in [-0.2, -0.15) is 0 Å². The fourth-order valence-corrected chi connectivity index (χ4v) is 7.31. The van der Waals surface area contributed by atoms with Crippen LogP contribution in [-0.2, 0) is 56.8 Å². The summed E-state index contributed by atoms with van der Waals surface area (Å²) in [6, 6.07) is 14.1. The molecule has 4 rings (SSSR count). The molecule has 0 aliphatic rings. The molecule has 0 atom stereocenters. The van der Waals surface area contributed by atoms with Gasteiger partial charge in [-0.25, -0.2) is 0 Å². The minimum atomic E-state index is -0.484. The Labute approximate surface area is 478 Å². The summed E-state index contributed by atoms with van der Waals surface area (Å²) >= 11 is 0. The number of nitrogens with one attached hydrogen (secondary N) is 2. The van der Waals surface area contributed by atoms with Gasteiger partial charge < -0.3 is 100 Å². The molecule has 2 aromatic carbocycles. The van der Waals surface area contributed by atoms with E-state index >= 15 is 0 Å². The van der Waals surface area contributed by atoms with E-state index in [0.717, 1.165) is 6.08 Å². The maximum Gasteiger partial charge on any atom is 0.205 e. The number of ether oxygens (including phenoxy) is 18. The lowest BCUT2D eigenvalue weighted by Gasteiger charge is -2.19. The molecule has 3 N–H and O–H groups in total. The van der Waals surface area contributed by atoms with Crippen LogP contribution in [0, 0.1) is 0 Å². The molecule has 81 heavy (non-hydrogen) atoms. The first kappa shape index (κ1) is 68.0. The first-order valence-electron chi connectivity index (χ1n) is 28.3. The van der Waals surface area contributed by atoms with Gasteiger partial charge >= 0.3 is 0 Å². The Hall–Kier alpha value is -5.47. The minimum Gasteiger partial charge on any atom is -0.506 e. The van der Waals surface area contributed by atoms with E-state index in [2.05, 4.69) is 9.97 Å². The molecule has 0 saturated carbocycles. The maximum atomic E-state index is 13.9. The van der Waals surface area contributed by atoms with Crippen molar-refractivity contribution < 1.29 is 95.2 Å². The average Bonchev–Trinajstić information content (AvgIpc) is 4.24. The topological polar surface area (TPSA) is 235 Å². The lowest BCUT2D eigenvalue weighted by Crippen LogP contribution is -2.15. The number of carbonyl (C=O) groups excluding carboxylic acids is 1. The fourth-order valence-electron chi connectivity index (χ4n) is 7.31. The number of benzene rings is 2. The zero-order valence-electron chi connectivity index (χ0n) is 48.6. The first-order valence-corrected chi connectivity index (χ1v) is 28.3. The molecule has 0 bridgehead atoms. The highest BCUT2D eigenvalue weighted by Gasteiger charge is 2.21. The molecule has 0 fully saturated rings. The summed E-state index contributed by atoms with van der Waals surface area (Å²) in [7, 11) is 0. The van der Waals surface area contributed by atoms with Crippen LogP contribution in [0.1, 0.15) is 57.7 Å². The van der Waals surface area contributed by atoms with Crippen LogP contribution >= 0.6 is 0 Å². The molecule has 4 aromatic rings. The molecule has 0 unspecified atom stereocenters. The second kappa shape index (κ2) is 44.2. The predicted octanol–water partition coefficient (Wildman–Crippen LogP) is 8.05. The Balaban J connectivity index is 1.61. The number of carbonyl (C=O) groups is 1. The highest BCUT2D eigenvalue weighted by Crippen LogP contribution is 2.43. The van der Waals surface area contributed by atoms with Crippen molar-refractivity contribution in [1.82, 2.24) is 9.97 Å². The van der Waals surface area contributed by atoms with E-state index in [0.29, 0.717) is 202 Å². The molecule has 0 spiro atoms. The van der Waals surface area contributed by atoms with Crippen LogP contribution < -0.4 is 28.4 Å². The number of aromatic nitrogens is 2. The lowest BCUT2D eigenvalue weighted by molar-refractivity contribution is 0.0346. The van der Waals surface area contributed by atoms with Gasteiger partial charge in [-0.3, -0.25) is 4.79 Å². The zero-order valence-corrected chi connectivity index (χ0v) is 48.6. The van der Waals surface area contributed by atoms with Crippen LogP contribution in [0.2, 0.25) is 0 Å². The van der Waals surface area contributed by atoms with Gasteiger partial charge in [0, 0.05) is 68.2 Å². The van der Waals surface area contributed by atoms with Crippen molar-refractivity contribution in [2.75, 3.05) is 198 Å². The van der Waals surface area contributed by atoms with Gasteiger partial charge in [0.15, 0.2) is 23.0 Å². The predicted molar refractivity (Wildman–Crippen MR) is 304 cm³/mol. The summed E-state index contributed by atoms with van der Waals surface area (Å²) in [5.74, 6) is 1.49. The highest BCUT2D eigenvalue weighted by atomic mass is 16.6. The van der Waals surface area contributed by atoms with Crippen molar-refractivity contribution in [1.29, 1.82) is 0 Å². The zero-order chi connectivity index (χ0) is 57.8. The Kier molecular flexibility index (Phi) is 37.1. The van der Waals surface area contributed by atoms with E-state index in [4.69, 9.17) is 85.3 Å². The smallest absolute Gasteiger partial charge is 0.205 e. The van der Waals surface area contributed by atoms with Gasteiger partial charge in [-0.15, -0.1) is 0 Å². The van der Waals surface area contributed by atoms with Gasteiger partial charge in [0.05, 0.1) is 130 Å². The van der Waals surface area contributed by atoms with Crippen molar-refractivity contribution in [2.45, 2.75) is 41.5 Å². The monoisotopic (exact) mass is 1150 g/mol. The number of ketones is 1. The van der Waals surface area contributed by atoms with Crippen molar-refractivity contribution in [2.24, 2.45) is 0 Å². The molecule has 22 heteroatoms. The molecule has 0 radical (unpaired) electrons. The molecular formula is C59H90N2O20. The molecule has 2 aromatic heterocycles. The van der Waals surface area contributed by atoms with Crippen LogP contribution in [0.5, 0.6) is 34.5 Å². The largest absolute Gasteiger partial charge is 0.506 e. The van der Waals surface area contributed by atoms with Gasteiger partial charge in [0.1, 0.15) is 45.4 Å². The van der Waals surface area contributed by atoms with Gasteiger partial charge in [-0.1, -0.05) is 0 Å². The summed E-state index contributed by atoms with van der Waals surface area (Å²) in [5, 5.41) is 11.5. The maximum absolute atomic E-state index is 13.9. The molecule has 0 aliphatic carbocycles. The van der Waals surface area contributed by atoms with Crippen LogP contribution in [0.15, 0.2) is 54.6 Å². The third-order valence-corrected chi connectivity index (χ3v) is 11.2. The number of aliphatic hydroxyl groups excluding tert-OH is 1. The van der Waals surface area contributed by atoms with E-state index in [1.807, 2.05) is 41.5 Å². The van der Waals surface area contributed by atoms with Crippen molar-refractivity contribution in [3.63, 3.8) is 0 Å². The lowest BCUT2D eigenvalue weighted by atomic mass is 10.1. The number of aliphatic hydroxyl groups is 1. The number of aromatic amines is 2. The van der Waals surface area contributed by atoms with Crippen LogP contribution in [0.25, 0.3) is 28.3 Å². The molecule has 0 aliphatic heterocycles. The quantitative estimate of drug-likeness (QED) is 0.0164. The third-order valence-electron chi connectivity index (χ3n) is 11.2. The number of hydrogen-bond acceptors (Lipinski definition) is 20. The second-order valence-electron chi connectivity index (χ2n) is 17.0. The van der Waals surface area contributed by atoms with Crippen LogP contribution in [0.3, 0.4) is 0 Å². The van der Waals surface area contributed by atoms with Gasteiger partial charge in [-0.05, 0) is 90.1 Å². The normalized spacial score (nSPS) is 11.6. The van der Waals surface area contributed by atoms with Crippen molar-refractivity contribution in [3.05, 3.63) is 66.0 Å². The Bertz CT molecular complexity index is 2190. The molecule has 0 saturated heterocycles. The summed E-state index contributed by atoms with van der Waals surface area (Å²) in [6.07, 6.45) is 1.15. The molecular weight excluding hydrogens is 1060 g/mol. The standard InChI is InChI=1S/C59H90N2O20/c1-7-64-17-23-70-29-35-76-54-41-46(42-55(77-36-30-71-24-18-65-8-2)58(54)80-39-33-74-27-21-68-11-5)48-13-15-50(60-48)52(62)45-53(63)51-16-14-49(61-51)47-43-56(78-37-31-72-25-19-66-9-3)59(81-40-34-75-28-22-69-12-6)57(44-47)79-38-32-73-26-20-67-10-4/h13-16,41-45,60-62H,7-12,17-40H2,1-6H3/b52-45-. The van der Waals surface area contributed by atoms with Gasteiger partial charge in [0.2, 0.25) is 17.3 Å². The Morgan fingerprint density at radius 3 is 0.889 bits per heavy atom. The Morgan fingerprint density at radius 1 is 0.346 bits per heavy atom. The molecule has 0 amide bonds.